The largest absolute Gasteiger partial charge is 0.309 e. The molecule has 0 saturated heterocycles. The first kappa shape index (κ1) is 15.9. The maximum Gasteiger partial charge on any atom is 0.227 e. The molecule has 1 amide bonds. The van der Waals surface area contributed by atoms with Crippen LogP contribution in [-0.4, -0.2) is 25.5 Å². The van der Waals surface area contributed by atoms with E-state index in [0.717, 1.165) is 11.3 Å². The molecule has 0 fully saturated rings. The van der Waals surface area contributed by atoms with Crippen LogP contribution in [0.5, 0.6) is 0 Å². The molecule has 0 aliphatic heterocycles. The Kier molecular flexibility index (Phi) is 4.69. The van der Waals surface area contributed by atoms with Gasteiger partial charge in [-0.15, -0.1) is 0 Å². The Morgan fingerprint density at radius 2 is 2.17 bits per heavy atom. The van der Waals surface area contributed by atoms with Crippen LogP contribution in [0.25, 0.3) is 0 Å². The topological polar surface area (TPSA) is 64.7 Å². The molecule has 1 N–H and O–H groups in total. The minimum absolute atomic E-state index is 0.124. The van der Waals surface area contributed by atoms with Crippen molar-refractivity contribution in [2.45, 2.75) is 26.4 Å². The minimum Gasteiger partial charge on any atom is -0.309 e. The van der Waals surface area contributed by atoms with Crippen molar-refractivity contribution in [2.75, 3.05) is 5.32 Å². The summed E-state index contributed by atoms with van der Waals surface area (Å²) in [5.74, 6) is 0.0802. The maximum absolute atomic E-state index is 13.2. The van der Waals surface area contributed by atoms with Gasteiger partial charge in [0.15, 0.2) is 5.82 Å². The molecule has 124 valence electrons. The van der Waals surface area contributed by atoms with Crippen LogP contribution < -0.4 is 5.32 Å². The van der Waals surface area contributed by atoms with Crippen LogP contribution in [0.15, 0.2) is 48.8 Å². The lowest BCUT2D eigenvalue weighted by atomic mass is 10.2. The van der Waals surface area contributed by atoms with Gasteiger partial charge in [-0.1, -0.05) is 12.1 Å². The zero-order chi connectivity index (χ0) is 16.9. The molecule has 2 heterocycles. The van der Waals surface area contributed by atoms with Crippen molar-refractivity contribution in [3.8, 4) is 0 Å². The Hall–Kier alpha value is -2.96. The van der Waals surface area contributed by atoms with Crippen molar-refractivity contribution in [1.82, 2.24) is 19.6 Å². The van der Waals surface area contributed by atoms with Crippen LogP contribution >= 0.6 is 0 Å². The number of halogens is 1. The third-order valence-corrected chi connectivity index (χ3v) is 3.62. The first-order valence-corrected chi connectivity index (χ1v) is 7.66. The summed E-state index contributed by atoms with van der Waals surface area (Å²) in [5, 5.41) is 11.2. The van der Waals surface area contributed by atoms with Gasteiger partial charge >= 0.3 is 0 Å². The highest BCUT2D eigenvalue weighted by molar-refractivity contribution is 5.89. The summed E-state index contributed by atoms with van der Waals surface area (Å²) in [7, 11) is 0. The van der Waals surface area contributed by atoms with Crippen LogP contribution in [0.4, 0.5) is 10.2 Å². The van der Waals surface area contributed by atoms with E-state index in [9.17, 15) is 9.18 Å². The van der Waals surface area contributed by atoms with Gasteiger partial charge in [-0.25, -0.2) is 4.39 Å². The van der Waals surface area contributed by atoms with Crippen molar-refractivity contribution >= 4 is 11.7 Å². The number of nitrogens with zero attached hydrogens (tertiary/aromatic N) is 4. The molecule has 0 bridgehead atoms. The third-order valence-electron chi connectivity index (χ3n) is 3.62. The van der Waals surface area contributed by atoms with Gasteiger partial charge in [0.05, 0.1) is 6.54 Å². The average Bonchev–Trinajstić information content (AvgIpc) is 3.14. The molecule has 3 aromatic rings. The number of aromatic nitrogens is 4. The standard InChI is InChI=1S/C17H18FN5O/c1-13-5-8-19-23(13)10-7-17(24)20-16-6-9-22(21-16)12-14-3-2-4-15(18)11-14/h2-6,8-9,11H,7,10,12H2,1H3,(H,20,21,24). The van der Waals surface area contributed by atoms with E-state index in [1.807, 2.05) is 19.1 Å². The molecule has 1 aromatic carbocycles. The van der Waals surface area contributed by atoms with Crippen molar-refractivity contribution in [3.63, 3.8) is 0 Å². The van der Waals surface area contributed by atoms with E-state index < -0.39 is 0 Å². The molecule has 0 unspecified atom stereocenters. The van der Waals surface area contributed by atoms with Gasteiger partial charge in [0.25, 0.3) is 0 Å². The van der Waals surface area contributed by atoms with Crippen LogP contribution in [0.3, 0.4) is 0 Å². The second kappa shape index (κ2) is 7.08. The van der Waals surface area contributed by atoms with Gasteiger partial charge in [0.1, 0.15) is 5.82 Å². The van der Waals surface area contributed by atoms with E-state index in [-0.39, 0.29) is 11.7 Å². The van der Waals surface area contributed by atoms with Crippen LogP contribution in [0.2, 0.25) is 0 Å². The van der Waals surface area contributed by atoms with E-state index in [1.54, 1.807) is 33.9 Å². The first-order chi connectivity index (χ1) is 11.6. The molecule has 2 aromatic heterocycles. The highest BCUT2D eigenvalue weighted by Crippen LogP contribution is 2.09. The molecule has 0 atom stereocenters. The van der Waals surface area contributed by atoms with Gasteiger partial charge in [0, 0.05) is 37.1 Å². The van der Waals surface area contributed by atoms with Gasteiger partial charge in [-0.2, -0.15) is 10.2 Å². The molecule has 24 heavy (non-hydrogen) atoms. The number of carbonyl (C=O) groups is 1. The number of hydrogen-bond acceptors (Lipinski definition) is 3. The normalized spacial score (nSPS) is 10.8. The molecular formula is C17H18FN5O. The molecular weight excluding hydrogens is 309 g/mol. The monoisotopic (exact) mass is 327 g/mol. The second-order valence-corrected chi connectivity index (χ2v) is 5.52. The van der Waals surface area contributed by atoms with Gasteiger partial charge in [-0.3, -0.25) is 14.2 Å². The lowest BCUT2D eigenvalue weighted by Gasteiger charge is -2.05. The van der Waals surface area contributed by atoms with Crippen molar-refractivity contribution < 1.29 is 9.18 Å². The summed E-state index contributed by atoms with van der Waals surface area (Å²) in [6.45, 7) is 2.91. The number of nitrogens with one attached hydrogen (secondary N) is 1. The van der Waals surface area contributed by atoms with E-state index in [4.69, 9.17) is 0 Å². The smallest absolute Gasteiger partial charge is 0.227 e. The summed E-state index contributed by atoms with van der Waals surface area (Å²) in [5.41, 5.74) is 1.83. The van der Waals surface area contributed by atoms with Gasteiger partial charge in [0.2, 0.25) is 5.91 Å². The zero-order valence-electron chi connectivity index (χ0n) is 13.3. The van der Waals surface area contributed by atoms with Crippen LogP contribution in [-0.2, 0) is 17.9 Å². The highest BCUT2D eigenvalue weighted by atomic mass is 19.1. The van der Waals surface area contributed by atoms with E-state index in [0.29, 0.717) is 25.3 Å². The summed E-state index contributed by atoms with van der Waals surface area (Å²) in [4.78, 5) is 12.0. The molecule has 0 saturated carbocycles. The van der Waals surface area contributed by atoms with Crippen molar-refractivity contribution in [3.05, 3.63) is 65.9 Å². The fraction of sp³-hybridized carbons (Fsp3) is 0.235. The summed E-state index contributed by atoms with van der Waals surface area (Å²) >= 11 is 0. The lowest BCUT2D eigenvalue weighted by molar-refractivity contribution is -0.116. The van der Waals surface area contributed by atoms with Gasteiger partial charge < -0.3 is 5.32 Å². The Labute approximate surface area is 138 Å². The summed E-state index contributed by atoms with van der Waals surface area (Å²) in [6, 6.07) is 9.97. The lowest BCUT2D eigenvalue weighted by Crippen LogP contribution is -2.16. The van der Waals surface area contributed by atoms with Crippen LogP contribution in [0, 0.1) is 12.7 Å². The van der Waals surface area contributed by atoms with Crippen molar-refractivity contribution in [1.29, 1.82) is 0 Å². The number of aryl methyl sites for hydroxylation is 2. The predicted molar refractivity (Wildman–Crippen MR) is 87.9 cm³/mol. The van der Waals surface area contributed by atoms with E-state index in [1.165, 1.54) is 12.1 Å². The number of rotatable bonds is 6. The predicted octanol–water partition coefficient (Wildman–Crippen LogP) is 2.60. The van der Waals surface area contributed by atoms with Gasteiger partial charge in [-0.05, 0) is 30.7 Å². The summed E-state index contributed by atoms with van der Waals surface area (Å²) < 4.78 is 16.6. The number of benzene rings is 1. The minimum atomic E-state index is -0.276. The Morgan fingerprint density at radius 1 is 1.29 bits per heavy atom. The number of carbonyl (C=O) groups excluding carboxylic acids is 1. The van der Waals surface area contributed by atoms with E-state index >= 15 is 0 Å². The Balaban J connectivity index is 1.53. The molecule has 7 heteroatoms. The number of hydrogen-bond donors (Lipinski definition) is 1. The second-order valence-electron chi connectivity index (χ2n) is 5.52. The zero-order valence-corrected chi connectivity index (χ0v) is 13.3. The molecule has 0 radical (unpaired) electrons. The molecule has 0 aliphatic carbocycles. The molecule has 0 aliphatic rings. The SMILES string of the molecule is Cc1ccnn1CCC(=O)Nc1ccn(Cc2cccc(F)c2)n1. The van der Waals surface area contributed by atoms with E-state index in [2.05, 4.69) is 15.5 Å². The average molecular weight is 327 g/mol. The van der Waals surface area contributed by atoms with Crippen LogP contribution in [0.1, 0.15) is 17.7 Å². The Bertz CT molecular complexity index is 839. The highest BCUT2D eigenvalue weighted by Gasteiger charge is 2.07. The summed E-state index contributed by atoms with van der Waals surface area (Å²) in [6.07, 6.45) is 3.78. The van der Waals surface area contributed by atoms with Crippen molar-refractivity contribution in [2.24, 2.45) is 0 Å². The Morgan fingerprint density at radius 3 is 2.92 bits per heavy atom. The molecule has 3 rings (SSSR count). The molecule has 0 spiro atoms. The first-order valence-electron chi connectivity index (χ1n) is 7.66. The number of amides is 1. The maximum atomic E-state index is 13.2. The quantitative estimate of drug-likeness (QED) is 0.757. The number of anilines is 1. The molecule has 6 nitrogen and oxygen atoms in total. The fourth-order valence-corrected chi connectivity index (χ4v) is 2.38. The fourth-order valence-electron chi connectivity index (χ4n) is 2.38. The third kappa shape index (κ3) is 4.07.